The molecule has 4 aromatic rings. The average Bonchev–Trinajstić information content (AvgIpc) is 3.07. The number of aromatic nitrogens is 1. The third kappa shape index (κ3) is 3.87. The van der Waals surface area contributed by atoms with Crippen LogP contribution < -0.4 is 4.72 Å². The van der Waals surface area contributed by atoms with Crippen molar-refractivity contribution in [3.8, 4) is 11.5 Å². The Labute approximate surface area is 180 Å². The molecule has 0 unspecified atom stereocenters. The quantitative estimate of drug-likeness (QED) is 0.339. The smallest absolute Gasteiger partial charge is 0.261 e. The van der Waals surface area contributed by atoms with Crippen molar-refractivity contribution in [3.63, 3.8) is 0 Å². The van der Waals surface area contributed by atoms with Gasteiger partial charge < -0.3 is 4.42 Å². The van der Waals surface area contributed by atoms with Crippen LogP contribution in [0, 0.1) is 10.5 Å². The van der Waals surface area contributed by atoms with E-state index in [4.69, 9.17) is 16.0 Å². The van der Waals surface area contributed by atoms with Crippen molar-refractivity contribution in [3.05, 3.63) is 74.8 Å². The minimum atomic E-state index is -3.69. The summed E-state index contributed by atoms with van der Waals surface area (Å²) < 4.78 is 34.6. The van der Waals surface area contributed by atoms with Crippen LogP contribution in [0.5, 0.6) is 0 Å². The lowest BCUT2D eigenvalue weighted by molar-refractivity contribution is 0.601. The molecule has 0 spiro atoms. The predicted octanol–water partition coefficient (Wildman–Crippen LogP) is 5.86. The van der Waals surface area contributed by atoms with Crippen molar-refractivity contribution in [1.82, 2.24) is 4.98 Å². The molecule has 0 saturated carbocycles. The molecule has 0 saturated heterocycles. The highest BCUT2D eigenvalue weighted by Gasteiger charge is 2.16. The highest BCUT2D eigenvalue weighted by Crippen LogP contribution is 2.32. The molecule has 3 aromatic carbocycles. The van der Waals surface area contributed by atoms with E-state index in [1.807, 2.05) is 19.1 Å². The Morgan fingerprint density at radius 3 is 2.54 bits per heavy atom. The molecule has 4 rings (SSSR count). The monoisotopic (exact) mass is 524 g/mol. The van der Waals surface area contributed by atoms with Gasteiger partial charge in [0.1, 0.15) is 5.52 Å². The van der Waals surface area contributed by atoms with E-state index in [2.05, 4.69) is 32.3 Å². The van der Waals surface area contributed by atoms with Crippen LogP contribution in [0.2, 0.25) is 5.02 Å². The largest absolute Gasteiger partial charge is 0.436 e. The Bertz CT molecular complexity index is 1280. The minimum absolute atomic E-state index is 0.199. The van der Waals surface area contributed by atoms with Crippen LogP contribution >= 0.6 is 34.2 Å². The summed E-state index contributed by atoms with van der Waals surface area (Å²) in [5.41, 5.74) is 3.16. The van der Waals surface area contributed by atoms with Crippen LogP contribution in [0.4, 0.5) is 5.69 Å². The van der Waals surface area contributed by atoms with Crippen LogP contribution in [-0.2, 0) is 10.0 Å². The fourth-order valence-electron chi connectivity index (χ4n) is 2.70. The Morgan fingerprint density at radius 2 is 1.79 bits per heavy atom. The third-order valence-corrected chi connectivity index (χ3v) is 6.53. The molecule has 1 aromatic heterocycles. The van der Waals surface area contributed by atoms with E-state index in [9.17, 15) is 8.42 Å². The van der Waals surface area contributed by atoms with Crippen molar-refractivity contribution in [2.75, 3.05) is 4.72 Å². The van der Waals surface area contributed by atoms with Crippen molar-refractivity contribution in [2.45, 2.75) is 11.8 Å². The number of nitrogens with one attached hydrogen (secondary N) is 1. The third-order valence-electron chi connectivity index (χ3n) is 4.13. The van der Waals surface area contributed by atoms with Gasteiger partial charge in [-0.25, -0.2) is 13.4 Å². The van der Waals surface area contributed by atoms with E-state index in [-0.39, 0.29) is 4.90 Å². The van der Waals surface area contributed by atoms with Crippen LogP contribution in [0.3, 0.4) is 0 Å². The number of anilines is 1. The van der Waals surface area contributed by atoms with Crippen molar-refractivity contribution in [1.29, 1.82) is 0 Å². The zero-order chi connectivity index (χ0) is 19.9. The zero-order valence-corrected chi connectivity index (χ0v) is 18.3. The summed E-state index contributed by atoms with van der Waals surface area (Å²) in [6.07, 6.45) is 0. The van der Waals surface area contributed by atoms with Crippen molar-refractivity contribution >= 4 is 61.0 Å². The number of fused-ring (bicyclic) bond motifs is 1. The first-order valence-electron chi connectivity index (χ1n) is 8.27. The van der Waals surface area contributed by atoms with Gasteiger partial charge >= 0.3 is 0 Å². The van der Waals surface area contributed by atoms with Crippen LogP contribution in [0.1, 0.15) is 5.56 Å². The predicted molar refractivity (Wildman–Crippen MR) is 119 cm³/mol. The van der Waals surface area contributed by atoms with Gasteiger partial charge in [-0.15, -0.1) is 0 Å². The lowest BCUT2D eigenvalue weighted by Gasteiger charge is -2.08. The first kappa shape index (κ1) is 19.2. The van der Waals surface area contributed by atoms with Gasteiger partial charge in [0, 0.05) is 3.57 Å². The van der Waals surface area contributed by atoms with Gasteiger partial charge in [0.25, 0.3) is 10.0 Å². The zero-order valence-electron chi connectivity index (χ0n) is 14.6. The number of aryl methyl sites for hydroxylation is 1. The van der Waals surface area contributed by atoms with Gasteiger partial charge in [-0.05, 0) is 78.0 Å². The number of nitrogens with zero attached hydrogens (tertiary/aromatic N) is 1. The fourth-order valence-corrected chi connectivity index (χ4v) is 4.44. The SMILES string of the molecule is Cc1ccc(S(=O)(=O)Nc2ccc3oc(-c4cc(I)ccc4Cl)nc3c2)cc1. The highest BCUT2D eigenvalue weighted by atomic mass is 127. The molecule has 0 atom stereocenters. The normalized spacial score (nSPS) is 11.7. The van der Waals surface area contributed by atoms with E-state index in [0.717, 1.165) is 9.13 Å². The van der Waals surface area contributed by atoms with E-state index in [1.54, 1.807) is 48.5 Å². The summed E-state index contributed by atoms with van der Waals surface area (Å²) in [6.45, 7) is 1.90. The number of halogens is 2. The second kappa shape index (κ2) is 7.38. The van der Waals surface area contributed by atoms with Gasteiger partial charge in [0.05, 0.1) is 21.2 Å². The topological polar surface area (TPSA) is 72.2 Å². The summed E-state index contributed by atoms with van der Waals surface area (Å²) >= 11 is 8.45. The molecule has 0 aliphatic heterocycles. The molecule has 8 heteroatoms. The fraction of sp³-hybridized carbons (Fsp3) is 0.0500. The molecule has 1 heterocycles. The second-order valence-corrected chi connectivity index (χ2v) is 9.58. The van der Waals surface area contributed by atoms with Gasteiger partial charge in [-0.1, -0.05) is 29.3 Å². The van der Waals surface area contributed by atoms with Crippen molar-refractivity contribution < 1.29 is 12.8 Å². The van der Waals surface area contributed by atoms with E-state index < -0.39 is 10.0 Å². The highest BCUT2D eigenvalue weighted by molar-refractivity contribution is 14.1. The van der Waals surface area contributed by atoms with Crippen LogP contribution in [0.25, 0.3) is 22.6 Å². The minimum Gasteiger partial charge on any atom is -0.436 e. The lowest BCUT2D eigenvalue weighted by Crippen LogP contribution is -2.12. The average molecular weight is 525 g/mol. The summed E-state index contributed by atoms with van der Waals surface area (Å²) in [6, 6.07) is 17.2. The number of hydrogen-bond donors (Lipinski definition) is 1. The molecule has 0 fully saturated rings. The standard InChI is InChI=1S/C20H14ClIN2O3S/c1-12-2-6-15(7-3-12)28(25,26)24-14-5-9-19-18(11-14)23-20(27-19)16-10-13(22)4-8-17(16)21/h2-11,24H,1H3. The number of hydrogen-bond acceptors (Lipinski definition) is 4. The van der Waals surface area contributed by atoms with Gasteiger partial charge in [0.2, 0.25) is 5.89 Å². The molecule has 142 valence electrons. The van der Waals surface area contributed by atoms with E-state index in [1.165, 1.54) is 0 Å². The van der Waals surface area contributed by atoms with E-state index >= 15 is 0 Å². The van der Waals surface area contributed by atoms with Crippen LogP contribution in [0.15, 0.2) is 70.0 Å². The van der Waals surface area contributed by atoms with Gasteiger partial charge in [-0.2, -0.15) is 0 Å². The lowest BCUT2D eigenvalue weighted by atomic mass is 10.2. The second-order valence-electron chi connectivity index (χ2n) is 6.24. The Kier molecular flexibility index (Phi) is 5.07. The molecule has 5 nitrogen and oxygen atoms in total. The van der Waals surface area contributed by atoms with Gasteiger partial charge in [-0.3, -0.25) is 4.72 Å². The molecule has 0 amide bonds. The summed E-state index contributed by atoms with van der Waals surface area (Å²) in [4.78, 5) is 4.67. The maximum Gasteiger partial charge on any atom is 0.261 e. The number of oxazole rings is 1. The Hall–Kier alpha value is -2.10. The van der Waals surface area contributed by atoms with E-state index in [0.29, 0.717) is 33.3 Å². The van der Waals surface area contributed by atoms with Gasteiger partial charge in [0.15, 0.2) is 5.58 Å². The van der Waals surface area contributed by atoms with Crippen LogP contribution in [-0.4, -0.2) is 13.4 Å². The maximum absolute atomic E-state index is 12.6. The summed E-state index contributed by atoms with van der Waals surface area (Å²) in [5.74, 6) is 0.386. The Morgan fingerprint density at radius 1 is 1.04 bits per heavy atom. The molecular weight excluding hydrogens is 511 g/mol. The summed E-state index contributed by atoms with van der Waals surface area (Å²) in [5, 5.41) is 0.535. The molecule has 0 radical (unpaired) electrons. The molecule has 0 aliphatic carbocycles. The Balaban J connectivity index is 1.68. The molecular formula is C20H14ClIN2O3S. The van der Waals surface area contributed by atoms with Crippen molar-refractivity contribution in [2.24, 2.45) is 0 Å². The molecule has 0 bridgehead atoms. The maximum atomic E-state index is 12.6. The first-order valence-corrected chi connectivity index (χ1v) is 11.2. The first-order chi connectivity index (χ1) is 13.3. The molecule has 0 aliphatic rings. The number of rotatable bonds is 4. The molecule has 28 heavy (non-hydrogen) atoms. The molecule has 1 N–H and O–H groups in total. The number of sulfonamides is 1. The number of benzene rings is 3. The summed E-state index contributed by atoms with van der Waals surface area (Å²) in [7, 11) is -3.69.